The molecule has 0 unspecified atom stereocenters. The third-order valence-electron chi connectivity index (χ3n) is 5.02. The van der Waals surface area contributed by atoms with Gasteiger partial charge in [0.15, 0.2) is 6.61 Å². The van der Waals surface area contributed by atoms with E-state index in [0.717, 1.165) is 12.8 Å². The van der Waals surface area contributed by atoms with Crippen molar-refractivity contribution in [2.75, 3.05) is 20.2 Å². The molecule has 0 saturated carbocycles. The highest BCUT2D eigenvalue weighted by molar-refractivity contribution is 7.84. The Morgan fingerprint density at radius 3 is 2.67 bits per heavy atom. The number of imidazole rings is 1. The zero-order chi connectivity index (χ0) is 24.2. The summed E-state index contributed by atoms with van der Waals surface area (Å²) in [5.41, 5.74) is 1.70. The first-order chi connectivity index (χ1) is 15.6. The van der Waals surface area contributed by atoms with Crippen LogP contribution in [0.5, 0.6) is 5.75 Å². The maximum atomic E-state index is 13.3. The smallest absolute Gasteiger partial charge is 0.422 e. The van der Waals surface area contributed by atoms with E-state index in [1.54, 1.807) is 43.1 Å². The second-order valence-electron chi connectivity index (χ2n) is 7.55. The predicted octanol–water partition coefficient (Wildman–Crippen LogP) is 4.69. The van der Waals surface area contributed by atoms with Crippen LogP contribution in [-0.2, 0) is 16.6 Å². The Morgan fingerprint density at radius 1 is 1.24 bits per heavy atom. The Morgan fingerprint density at radius 2 is 1.97 bits per heavy atom. The van der Waals surface area contributed by atoms with Gasteiger partial charge in [0.1, 0.15) is 5.75 Å². The number of ether oxygens (including phenoxy) is 1. The number of amides is 1. The van der Waals surface area contributed by atoms with Crippen molar-refractivity contribution in [2.24, 2.45) is 0 Å². The first-order valence-electron chi connectivity index (χ1n) is 10.4. The first kappa shape index (κ1) is 24.7. The summed E-state index contributed by atoms with van der Waals surface area (Å²) in [6, 6.07) is 7.96. The molecule has 1 atom stereocenters. The van der Waals surface area contributed by atoms with Gasteiger partial charge in [0.2, 0.25) is 5.16 Å². The summed E-state index contributed by atoms with van der Waals surface area (Å²) in [7, 11) is -0.124. The zero-order valence-electron chi connectivity index (χ0n) is 18.6. The molecular weight excluding hydrogens is 457 g/mol. The van der Waals surface area contributed by atoms with E-state index in [9.17, 15) is 22.2 Å². The minimum Gasteiger partial charge on any atom is -0.484 e. The molecule has 0 fully saturated rings. The molecule has 2 aromatic heterocycles. The van der Waals surface area contributed by atoms with E-state index in [4.69, 9.17) is 4.74 Å². The molecule has 0 saturated heterocycles. The molecule has 3 rings (SSSR count). The van der Waals surface area contributed by atoms with Gasteiger partial charge >= 0.3 is 12.2 Å². The Hall–Kier alpha value is -2.95. The van der Waals surface area contributed by atoms with Gasteiger partial charge in [0.05, 0.1) is 33.3 Å². The molecule has 0 N–H and O–H groups in total. The van der Waals surface area contributed by atoms with Gasteiger partial charge in [-0.2, -0.15) is 13.2 Å². The number of fused-ring (bicyclic) bond motifs is 1. The molecule has 0 spiro atoms. The molecular formula is C22H25F3N4O3S. The number of hydrogen-bond acceptors (Lipinski definition) is 5. The normalized spacial score (nSPS) is 12.7. The molecule has 0 aliphatic rings. The fourth-order valence-electron chi connectivity index (χ4n) is 3.21. The summed E-state index contributed by atoms with van der Waals surface area (Å²) in [4.78, 5) is 23.3. The number of pyridine rings is 1. The summed E-state index contributed by atoms with van der Waals surface area (Å²) in [5, 5.41) is 0.0624. The van der Waals surface area contributed by atoms with Crippen LogP contribution in [0.15, 0.2) is 41.7 Å². The van der Waals surface area contributed by atoms with Crippen molar-refractivity contribution in [2.45, 2.75) is 43.8 Å². The van der Waals surface area contributed by atoms with Crippen LogP contribution in [0.2, 0.25) is 0 Å². The van der Waals surface area contributed by atoms with E-state index in [2.05, 4.69) is 9.97 Å². The Bertz CT molecular complexity index is 1160. The molecule has 0 radical (unpaired) electrons. The van der Waals surface area contributed by atoms with Gasteiger partial charge in [0.25, 0.3) is 0 Å². The molecule has 0 aliphatic heterocycles. The third-order valence-corrected chi connectivity index (χ3v) is 6.23. The Balaban J connectivity index is 1.93. The zero-order valence-corrected chi connectivity index (χ0v) is 19.4. The Labute approximate surface area is 192 Å². The monoisotopic (exact) mass is 482 g/mol. The number of hydrogen-bond donors (Lipinski definition) is 0. The SMILES string of the molecule is CCCCN(C)C(=O)n1c([S@](=O)Cc2nccc(OCC(F)(F)F)c2C)nc2ccccc21. The van der Waals surface area contributed by atoms with E-state index in [0.29, 0.717) is 28.8 Å². The number of rotatable bonds is 8. The second kappa shape index (κ2) is 10.3. The fraction of sp³-hybridized carbons (Fsp3) is 0.409. The molecule has 1 aromatic carbocycles. The first-order valence-corrected chi connectivity index (χ1v) is 11.7. The Kier molecular flexibility index (Phi) is 7.72. The average molecular weight is 483 g/mol. The number of alkyl halides is 3. The maximum Gasteiger partial charge on any atom is 0.422 e. The number of benzene rings is 1. The number of para-hydroxylation sites is 2. The van der Waals surface area contributed by atoms with E-state index in [-0.39, 0.29) is 22.7 Å². The highest BCUT2D eigenvalue weighted by Gasteiger charge is 2.29. The molecule has 0 aliphatic carbocycles. The van der Waals surface area contributed by atoms with Crippen molar-refractivity contribution in [3.05, 3.63) is 47.8 Å². The van der Waals surface area contributed by atoms with E-state index in [1.807, 2.05) is 6.92 Å². The summed E-state index contributed by atoms with van der Waals surface area (Å²) in [6.45, 7) is 2.67. The standard InChI is InChI=1S/C22H25F3N4O3S/c1-4-5-12-28(3)21(30)29-18-9-7-6-8-16(18)27-20(29)33(31)13-17-15(2)19(10-11-26-17)32-14-22(23,24)25/h6-11H,4-5,12-14H2,1-3H3/t33-/m1/s1. The van der Waals surface area contributed by atoms with Crippen LogP contribution < -0.4 is 4.74 Å². The van der Waals surface area contributed by atoms with Crippen LogP contribution in [0, 0.1) is 6.92 Å². The number of halogens is 3. The minimum atomic E-state index is -4.48. The van der Waals surface area contributed by atoms with E-state index >= 15 is 0 Å². The molecule has 7 nitrogen and oxygen atoms in total. The van der Waals surface area contributed by atoms with Crippen molar-refractivity contribution < 1.29 is 26.9 Å². The topological polar surface area (TPSA) is 77.3 Å². The third kappa shape index (κ3) is 5.89. The van der Waals surface area contributed by atoms with Gasteiger partial charge in [-0.1, -0.05) is 25.5 Å². The fourth-order valence-corrected chi connectivity index (χ4v) is 4.46. The van der Waals surface area contributed by atoms with Gasteiger partial charge in [-0.25, -0.2) is 14.3 Å². The average Bonchev–Trinajstić information content (AvgIpc) is 3.16. The van der Waals surface area contributed by atoms with Crippen molar-refractivity contribution in [1.82, 2.24) is 19.4 Å². The summed E-state index contributed by atoms with van der Waals surface area (Å²) in [5.74, 6) is -0.122. The minimum absolute atomic E-state index is 0.0122. The van der Waals surface area contributed by atoms with Gasteiger partial charge in [-0.3, -0.25) is 9.19 Å². The summed E-state index contributed by atoms with van der Waals surface area (Å²) >= 11 is 0. The van der Waals surface area contributed by atoms with Crippen LogP contribution in [-0.4, -0.2) is 56.1 Å². The number of carbonyl (C=O) groups excluding carboxylic acids is 1. The lowest BCUT2D eigenvalue weighted by Gasteiger charge is -2.18. The van der Waals surface area contributed by atoms with Crippen molar-refractivity contribution >= 4 is 27.9 Å². The second-order valence-corrected chi connectivity index (χ2v) is 8.90. The predicted molar refractivity (Wildman–Crippen MR) is 119 cm³/mol. The maximum absolute atomic E-state index is 13.3. The van der Waals surface area contributed by atoms with Crippen molar-refractivity contribution in [3.63, 3.8) is 0 Å². The number of unbranched alkanes of at least 4 members (excludes halogenated alkanes) is 1. The molecule has 11 heteroatoms. The highest BCUT2D eigenvalue weighted by Crippen LogP contribution is 2.26. The van der Waals surface area contributed by atoms with Crippen LogP contribution in [0.3, 0.4) is 0 Å². The van der Waals surface area contributed by atoms with Crippen LogP contribution >= 0.6 is 0 Å². The summed E-state index contributed by atoms with van der Waals surface area (Å²) < 4.78 is 57.1. The van der Waals surface area contributed by atoms with Crippen LogP contribution in [0.25, 0.3) is 11.0 Å². The van der Waals surface area contributed by atoms with Gasteiger partial charge in [0, 0.05) is 25.4 Å². The van der Waals surface area contributed by atoms with Crippen molar-refractivity contribution in [3.8, 4) is 5.75 Å². The summed E-state index contributed by atoms with van der Waals surface area (Å²) in [6.07, 6.45) is -1.44. The van der Waals surface area contributed by atoms with E-state index < -0.39 is 23.6 Å². The number of aromatic nitrogens is 3. The highest BCUT2D eigenvalue weighted by atomic mass is 32.2. The quantitative estimate of drug-likeness (QED) is 0.466. The lowest BCUT2D eigenvalue weighted by molar-refractivity contribution is -0.153. The van der Waals surface area contributed by atoms with Crippen molar-refractivity contribution in [1.29, 1.82) is 0 Å². The molecule has 3 aromatic rings. The molecule has 0 bridgehead atoms. The van der Waals surface area contributed by atoms with Crippen LogP contribution in [0.4, 0.5) is 18.0 Å². The van der Waals surface area contributed by atoms with Crippen LogP contribution in [0.1, 0.15) is 31.0 Å². The molecule has 2 heterocycles. The van der Waals surface area contributed by atoms with Gasteiger partial charge in [-0.05, 0) is 31.5 Å². The lowest BCUT2D eigenvalue weighted by atomic mass is 10.2. The van der Waals surface area contributed by atoms with Gasteiger partial charge < -0.3 is 9.64 Å². The van der Waals surface area contributed by atoms with E-state index in [1.165, 1.54) is 16.8 Å². The number of nitrogens with zero attached hydrogens (tertiary/aromatic N) is 4. The van der Waals surface area contributed by atoms with Gasteiger partial charge in [-0.15, -0.1) is 0 Å². The number of carbonyl (C=O) groups is 1. The lowest BCUT2D eigenvalue weighted by Crippen LogP contribution is -2.33. The molecule has 178 valence electrons. The molecule has 1 amide bonds. The largest absolute Gasteiger partial charge is 0.484 e. The molecule has 33 heavy (non-hydrogen) atoms.